The van der Waals surface area contributed by atoms with Crippen LogP contribution in [0, 0.1) is 17.0 Å². The van der Waals surface area contributed by atoms with Crippen LogP contribution in [0.2, 0.25) is 5.02 Å². The molecule has 0 bridgehead atoms. The van der Waals surface area contributed by atoms with E-state index in [2.05, 4.69) is 10.5 Å². The van der Waals surface area contributed by atoms with Crippen LogP contribution >= 0.6 is 11.6 Å². The number of nitro groups is 1. The predicted octanol–water partition coefficient (Wildman–Crippen LogP) is 2.56. The van der Waals surface area contributed by atoms with Gasteiger partial charge in [-0.1, -0.05) is 16.8 Å². The largest absolute Gasteiger partial charge is 0.477 e. The van der Waals surface area contributed by atoms with Gasteiger partial charge in [0.05, 0.1) is 4.92 Å². The second kappa shape index (κ2) is 6.23. The fraction of sp³-hybridized carbons (Fsp3) is 0.167. The number of anilines is 1. The van der Waals surface area contributed by atoms with Crippen LogP contribution in [0.5, 0.6) is 5.75 Å². The van der Waals surface area contributed by atoms with Gasteiger partial charge in [-0.3, -0.25) is 14.9 Å². The Kier molecular flexibility index (Phi) is 4.39. The topological polar surface area (TPSA) is 108 Å². The van der Waals surface area contributed by atoms with E-state index in [1.165, 1.54) is 18.2 Å². The van der Waals surface area contributed by atoms with Crippen molar-refractivity contribution in [1.29, 1.82) is 0 Å². The monoisotopic (exact) mass is 311 g/mol. The van der Waals surface area contributed by atoms with Gasteiger partial charge in [-0.25, -0.2) is 0 Å². The molecule has 1 aromatic heterocycles. The van der Waals surface area contributed by atoms with E-state index in [-0.39, 0.29) is 22.3 Å². The highest BCUT2D eigenvalue weighted by atomic mass is 35.5. The molecular weight excluding hydrogens is 302 g/mol. The lowest BCUT2D eigenvalue weighted by Crippen LogP contribution is -2.20. The van der Waals surface area contributed by atoms with Gasteiger partial charge < -0.3 is 14.6 Å². The number of benzene rings is 1. The molecule has 0 fully saturated rings. The van der Waals surface area contributed by atoms with Gasteiger partial charge in [-0.15, -0.1) is 0 Å². The standard InChI is InChI=1S/C12H10ClN3O5/c1-7-4-11(15-21-7)14-12(17)6-20-10-3-2-8(13)5-9(10)16(18)19/h2-5H,6H2,1H3,(H,14,15,17). The van der Waals surface area contributed by atoms with Gasteiger partial charge in [0.2, 0.25) is 0 Å². The number of ether oxygens (including phenoxy) is 1. The molecule has 2 aromatic rings. The summed E-state index contributed by atoms with van der Waals surface area (Å²) in [5, 5.41) is 17.1. The third-order valence-corrected chi connectivity index (χ3v) is 2.61. The first-order valence-corrected chi connectivity index (χ1v) is 6.13. The van der Waals surface area contributed by atoms with Crippen molar-refractivity contribution < 1.29 is 19.0 Å². The molecule has 0 spiro atoms. The smallest absolute Gasteiger partial charge is 0.312 e. The molecule has 0 aliphatic heterocycles. The molecule has 110 valence electrons. The van der Waals surface area contributed by atoms with E-state index in [9.17, 15) is 14.9 Å². The Labute approximate surface area is 123 Å². The molecule has 0 aliphatic rings. The van der Waals surface area contributed by atoms with E-state index < -0.39 is 17.4 Å². The summed E-state index contributed by atoms with van der Waals surface area (Å²) >= 11 is 5.68. The Hall–Kier alpha value is -2.61. The molecule has 2 rings (SSSR count). The highest BCUT2D eigenvalue weighted by Gasteiger charge is 2.17. The summed E-state index contributed by atoms with van der Waals surface area (Å²) in [7, 11) is 0. The first kappa shape index (κ1) is 14.8. The fourth-order valence-electron chi connectivity index (χ4n) is 1.50. The number of nitro benzene ring substituents is 1. The van der Waals surface area contributed by atoms with Crippen molar-refractivity contribution in [3.63, 3.8) is 0 Å². The second-order valence-corrected chi connectivity index (χ2v) is 4.47. The van der Waals surface area contributed by atoms with Gasteiger partial charge in [0.15, 0.2) is 18.2 Å². The average Bonchev–Trinajstić information content (AvgIpc) is 2.82. The number of hydrogen-bond acceptors (Lipinski definition) is 6. The maximum absolute atomic E-state index is 11.6. The summed E-state index contributed by atoms with van der Waals surface area (Å²) < 4.78 is 9.91. The summed E-state index contributed by atoms with van der Waals surface area (Å²) in [5.74, 6) is 0.217. The van der Waals surface area contributed by atoms with Crippen LogP contribution in [0.4, 0.5) is 11.5 Å². The van der Waals surface area contributed by atoms with Crippen molar-refractivity contribution in [1.82, 2.24) is 5.16 Å². The normalized spacial score (nSPS) is 10.2. The number of aryl methyl sites for hydroxylation is 1. The van der Waals surface area contributed by atoms with Crippen molar-refractivity contribution in [3.8, 4) is 5.75 Å². The number of nitrogens with one attached hydrogen (secondary N) is 1. The van der Waals surface area contributed by atoms with E-state index in [1.807, 2.05) is 0 Å². The number of hydrogen-bond donors (Lipinski definition) is 1. The van der Waals surface area contributed by atoms with Crippen LogP contribution in [0.3, 0.4) is 0 Å². The second-order valence-electron chi connectivity index (χ2n) is 4.03. The third kappa shape index (κ3) is 3.93. The lowest BCUT2D eigenvalue weighted by atomic mass is 10.3. The van der Waals surface area contributed by atoms with Crippen LogP contribution in [-0.2, 0) is 4.79 Å². The number of aromatic nitrogens is 1. The summed E-state index contributed by atoms with van der Waals surface area (Å²) in [4.78, 5) is 21.8. The Morgan fingerprint density at radius 3 is 2.90 bits per heavy atom. The SMILES string of the molecule is Cc1cc(NC(=O)COc2ccc(Cl)cc2[N+](=O)[O-])no1. The summed E-state index contributed by atoms with van der Waals surface area (Å²) in [6.07, 6.45) is 0. The van der Waals surface area contributed by atoms with Crippen LogP contribution in [0.1, 0.15) is 5.76 Å². The van der Waals surface area contributed by atoms with E-state index in [0.717, 1.165) is 6.07 Å². The lowest BCUT2D eigenvalue weighted by molar-refractivity contribution is -0.385. The molecule has 0 unspecified atom stereocenters. The van der Waals surface area contributed by atoms with Crippen molar-refractivity contribution in [2.45, 2.75) is 6.92 Å². The van der Waals surface area contributed by atoms with E-state index in [4.69, 9.17) is 20.9 Å². The van der Waals surface area contributed by atoms with Crippen LogP contribution < -0.4 is 10.1 Å². The molecular formula is C12H10ClN3O5. The molecule has 21 heavy (non-hydrogen) atoms. The summed E-state index contributed by atoms with van der Waals surface area (Å²) in [5.41, 5.74) is -0.312. The van der Waals surface area contributed by atoms with Crippen LogP contribution in [0.25, 0.3) is 0 Å². The summed E-state index contributed by atoms with van der Waals surface area (Å²) in [6, 6.07) is 5.44. The Balaban J connectivity index is 1.99. The molecule has 0 saturated heterocycles. The number of carbonyl (C=O) groups excluding carboxylic acids is 1. The lowest BCUT2D eigenvalue weighted by Gasteiger charge is -2.06. The minimum atomic E-state index is -0.639. The molecule has 1 heterocycles. The van der Waals surface area contributed by atoms with Gasteiger partial charge in [0.1, 0.15) is 5.76 Å². The number of carbonyl (C=O) groups is 1. The van der Waals surface area contributed by atoms with Gasteiger partial charge in [-0.05, 0) is 19.1 Å². The van der Waals surface area contributed by atoms with Crippen molar-refractivity contribution >= 4 is 29.0 Å². The molecule has 0 aliphatic carbocycles. The molecule has 9 heteroatoms. The Morgan fingerprint density at radius 1 is 1.52 bits per heavy atom. The maximum Gasteiger partial charge on any atom is 0.312 e. The minimum Gasteiger partial charge on any atom is -0.477 e. The number of halogens is 1. The minimum absolute atomic E-state index is 0.0455. The molecule has 8 nitrogen and oxygen atoms in total. The molecule has 0 atom stereocenters. The van der Waals surface area contributed by atoms with Gasteiger partial charge in [0.25, 0.3) is 5.91 Å². The van der Waals surface area contributed by atoms with Crippen molar-refractivity contribution in [2.75, 3.05) is 11.9 Å². The zero-order valence-electron chi connectivity index (χ0n) is 10.8. The maximum atomic E-state index is 11.6. The van der Waals surface area contributed by atoms with Gasteiger partial charge in [-0.2, -0.15) is 0 Å². The number of amides is 1. The fourth-order valence-corrected chi connectivity index (χ4v) is 1.67. The third-order valence-electron chi connectivity index (χ3n) is 2.37. The van der Waals surface area contributed by atoms with E-state index in [0.29, 0.717) is 5.76 Å². The van der Waals surface area contributed by atoms with Crippen LogP contribution in [-0.4, -0.2) is 22.6 Å². The quantitative estimate of drug-likeness (QED) is 0.671. The molecule has 0 saturated carbocycles. The van der Waals surface area contributed by atoms with Gasteiger partial charge in [0, 0.05) is 17.2 Å². The Bertz CT molecular complexity index is 685. The first-order valence-electron chi connectivity index (χ1n) is 5.75. The van der Waals surface area contributed by atoms with E-state index in [1.54, 1.807) is 6.92 Å². The zero-order chi connectivity index (χ0) is 15.4. The summed E-state index contributed by atoms with van der Waals surface area (Å²) in [6.45, 7) is 1.27. The van der Waals surface area contributed by atoms with E-state index >= 15 is 0 Å². The molecule has 1 amide bonds. The molecule has 1 aromatic carbocycles. The van der Waals surface area contributed by atoms with Crippen molar-refractivity contribution in [2.24, 2.45) is 0 Å². The highest BCUT2D eigenvalue weighted by Crippen LogP contribution is 2.29. The van der Waals surface area contributed by atoms with Crippen LogP contribution in [0.15, 0.2) is 28.8 Å². The first-order chi connectivity index (χ1) is 9.95. The predicted molar refractivity (Wildman–Crippen MR) is 73.5 cm³/mol. The van der Waals surface area contributed by atoms with Crippen molar-refractivity contribution in [3.05, 3.63) is 45.2 Å². The number of rotatable bonds is 5. The molecule has 0 radical (unpaired) electrons. The highest BCUT2D eigenvalue weighted by molar-refractivity contribution is 6.30. The zero-order valence-corrected chi connectivity index (χ0v) is 11.6. The van der Waals surface area contributed by atoms with Gasteiger partial charge >= 0.3 is 5.69 Å². The Morgan fingerprint density at radius 2 is 2.29 bits per heavy atom. The number of nitrogens with zero attached hydrogens (tertiary/aromatic N) is 2. The average molecular weight is 312 g/mol. The molecule has 1 N–H and O–H groups in total.